The van der Waals surface area contributed by atoms with Gasteiger partial charge in [0.2, 0.25) is 5.91 Å². The molecule has 1 aliphatic carbocycles. The van der Waals surface area contributed by atoms with Crippen molar-refractivity contribution in [3.63, 3.8) is 0 Å². The van der Waals surface area contributed by atoms with E-state index in [1.165, 1.54) is 0 Å². The van der Waals surface area contributed by atoms with Crippen molar-refractivity contribution in [3.8, 4) is 0 Å². The van der Waals surface area contributed by atoms with E-state index in [4.69, 9.17) is 9.47 Å². The molecular formula is C15H21NO3. The number of rotatable bonds is 6. The maximum atomic E-state index is 12.5. The molecule has 104 valence electrons. The third-order valence-electron chi connectivity index (χ3n) is 3.74. The third kappa shape index (κ3) is 2.80. The molecule has 1 aromatic carbocycles. The van der Waals surface area contributed by atoms with Gasteiger partial charge in [-0.2, -0.15) is 0 Å². The molecule has 2 rings (SSSR count). The fourth-order valence-corrected chi connectivity index (χ4v) is 2.45. The quantitative estimate of drug-likeness (QED) is 0.797. The van der Waals surface area contributed by atoms with Gasteiger partial charge in [0.25, 0.3) is 0 Å². The molecule has 1 fully saturated rings. The molecule has 4 nitrogen and oxygen atoms in total. The van der Waals surface area contributed by atoms with Crippen LogP contribution in [0.15, 0.2) is 30.3 Å². The highest BCUT2D eigenvalue weighted by Gasteiger charge is 2.51. The lowest BCUT2D eigenvalue weighted by Gasteiger charge is -2.25. The standard InChI is InChI=1S/C15H21NO3/c1-11(13(18-2)19-3)16-14(17)15(9-10-15)12-7-5-4-6-8-12/h4-8,11,13H,9-10H2,1-3H3,(H,16,17). The van der Waals surface area contributed by atoms with Gasteiger partial charge in [-0.15, -0.1) is 0 Å². The second kappa shape index (κ2) is 5.72. The number of carbonyl (C=O) groups is 1. The number of amides is 1. The molecule has 1 N–H and O–H groups in total. The zero-order chi connectivity index (χ0) is 13.9. The average Bonchev–Trinajstić information content (AvgIpc) is 3.22. The highest BCUT2D eigenvalue weighted by Crippen LogP contribution is 2.48. The molecule has 1 unspecified atom stereocenters. The number of ether oxygens (including phenoxy) is 2. The highest BCUT2D eigenvalue weighted by atomic mass is 16.7. The van der Waals surface area contributed by atoms with E-state index in [9.17, 15) is 4.79 Å². The molecule has 1 saturated carbocycles. The Morgan fingerprint density at radius 2 is 1.79 bits per heavy atom. The van der Waals surface area contributed by atoms with E-state index in [0.29, 0.717) is 0 Å². The zero-order valence-electron chi connectivity index (χ0n) is 11.7. The van der Waals surface area contributed by atoms with Crippen molar-refractivity contribution in [2.45, 2.75) is 37.5 Å². The average molecular weight is 263 g/mol. The van der Waals surface area contributed by atoms with E-state index in [-0.39, 0.29) is 17.4 Å². The molecule has 0 aromatic heterocycles. The molecule has 0 heterocycles. The van der Waals surface area contributed by atoms with Crippen LogP contribution in [-0.2, 0) is 19.7 Å². The van der Waals surface area contributed by atoms with E-state index in [0.717, 1.165) is 18.4 Å². The van der Waals surface area contributed by atoms with E-state index in [2.05, 4.69) is 5.32 Å². The Labute approximate surface area is 114 Å². The van der Waals surface area contributed by atoms with E-state index < -0.39 is 6.29 Å². The number of hydrogen-bond donors (Lipinski definition) is 1. The second-order valence-corrected chi connectivity index (χ2v) is 5.05. The molecule has 1 aliphatic rings. The Hall–Kier alpha value is -1.39. The first-order valence-electron chi connectivity index (χ1n) is 6.56. The van der Waals surface area contributed by atoms with Gasteiger partial charge < -0.3 is 14.8 Å². The normalized spacial score (nSPS) is 18.1. The smallest absolute Gasteiger partial charge is 0.231 e. The molecule has 0 aliphatic heterocycles. The van der Waals surface area contributed by atoms with Gasteiger partial charge in [-0.05, 0) is 25.3 Å². The monoisotopic (exact) mass is 263 g/mol. The molecule has 1 amide bonds. The molecule has 4 heteroatoms. The van der Waals surface area contributed by atoms with Crippen molar-refractivity contribution in [2.75, 3.05) is 14.2 Å². The first kappa shape index (κ1) is 14.0. The Morgan fingerprint density at radius 1 is 1.21 bits per heavy atom. The minimum Gasteiger partial charge on any atom is -0.354 e. The minimum atomic E-state index is -0.421. The van der Waals surface area contributed by atoms with Gasteiger partial charge in [-0.3, -0.25) is 4.79 Å². The fraction of sp³-hybridized carbons (Fsp3) is 0.533. The lowest BCUT2D eigenvalue weighted by atomic mass is 9.95. The second-order valence-electron chi connectivity index (χ2n) is 5.05. The Bertz CT molecular complexity index is 424. The Morgan fingerprint density at radius 3 is 2.26 bits per heavy atom. The van der Waals surface area contributed by atoms with E-state index in [1.54, 1.807) is 14.2 Å². The largest absolute Gasteiger partial charge is 0.354 e. The van der Waals surface area contributed by atoms with Crippen LogP contribution in [0.4, 0.5) is 0 Å². The summed E-state index contributed by atoms with van der Waals surface area (Å²) in [6.07, 6.45) is 1.39. The molecule has 0 bridgehead atoms. The van der Waals surface area contributed by atoms with Crippen LogP contribution in [0, 0.1) is 0 Å². The predicted octanol–water partition coefficient (Wildman–Crippen LogP) is 1.84. The maximum absolute atomic E-state index is 12.5. The van der Waals surface area contributed by atoms with Crippen LogP contribution in [0.25, 0.3) is 0 Å². The third-order valence-corrected chi connectivity index (χ3v) is 3.74. The Kier molecular flexibility index (Phi) is 4.22. The van der Waals surface area contributed by atoms with Gasteiger partial charge in [-0.25, -0.2) is 0 Å². The van der Waals surface area contributed by atoms with Crippen molar-refractivity contribution < 1.29 is 14.3 Å². The molecule has 0 radical (unpaired) electrons. The number of methoxy groups -OCH3 is 2. The molecule has 0 spiro atoms. The van der Waals surface area contributed by atoms with Crippen LogP contribution in [0.5, 0.6) is 0 Å². The predicted molar refractivity (Wildman–Crippen MR) is 72.8 cm³/mol. The zero-order valence-corrected chi connectivity index (χ0v) is 11.7. The SMILES string of the molecule is COC(OC)C(C)NC(=O)C1(c2ccccc2)CC1. The van der Waals surface area contributed by atoms with Gasteiger partial charge in [0, 0.05) is 14.2 Å². The highest BCUT2D eigenvalue weighted by molar-refractivity contribution is 5.91. The van der Waals surface area contributed by atoms with Crippen LogP contribution >= 0.6 is 0 Å². The van der Waals surface area contributed by atoms with Gasteiger partial charge in [0.15, 0.2) is 6.29 Å². The van der Waals surface area contributed by atoms with Crippen LogP contribution in [0.2, 0.25) is 0 Å². The minimum absolute atomic E-state index is 0.0605. The Balaban J connectivity index is 2.04. The maximum Gasteiger partial charge on any atom is 0.231 e. The van der Waals surface area contributed by atoms with Crippen molar-refractivity contribution in [3.05, 3.63) is 35.9 Å². The van der Waals surface area contributed by atoms with Gasteiger partial charge in [-0.1, -0.05) is 30.3 Å². The summed E-state index contributed by atoms with van der Waals surface area (Å²) in [6.45, 7) is 1.89. The van der Waals surface area contributed by atoms with Crippen molar-refractivity contribution in [2.24, 2.45) is 0 Å². The van der Waals surface area contributed by atoms with Gasteiger partial charge in [0.1, 0.15) is 0 Å². The summed E-state index contributed by atoms with van der Waals surface area (Å²) < 4.78 is 10.3. The summed E-state index contributed by atoms with van der Waals surface area (Å²) in [7, 11) is 3.14. The molecule has 19 heavy (non-hydrogen) atoms. The van der Waals surface area contributed by atoms with Crippen molar-refractivity contribution >= 4 is 5.91 Å². The molecular weight excluding hydrogens is 242 g/mol. The number of hydrogen-bond acceptors (Lipinski definition) is 3. The summed E-state index contributed by atoms with van der Waals surface area (Å²) in [5.74, 6) is 0.0605. The first-order valence-corrected chi connectivity index (χ1v) is 6.56. The summed E-state index contributed by atoms with van der Waals surface area (Å²) in [4.78, 5) is 12.5. The summed E-state index contributed by atoms with van der Waals surface area (Å²) in [6, 6.07) is 9.76. The molecule has 1 aromatic rings. The van der Waals surface area contributed by atoms with Gasteiger partial charge in [0.05, 0.1) is 11.5 Å². The van der Waals surface area contributed by atoms with Crippen LogP contribution in [0.3, 0.4) is 0 Å². The van der Waals surface area contributed by atoms with Crippen LogP contribution in [0.1, 0.15) is 25.3 Å². The molecule has 0 saturated heterocycles. The fourth-order valence-electron chi connectivity index (χ4n) is 2.45. The topological polar surface area (TPSA) is 47.6 Å². The van der Waals surface area contributed by atoms with Crippen molar-refractivity contribution in [1.82, 2.24) is 5.32 Å². The number of nitrogens with one attached hydrogen (secondary N) is 1. The van der Waals surface area contributed by atoms with Crippen LogP contribution in [-0.4, -0.2) is 32.5 Å². The van der Waals surface area contributed by atoms with Crippen molar-refractivity contribution in [1.29, 1.82) is 0 Å². The molecule has 1 atom stereocenters. The summed E-state index contributed by atoms with van der Waals surface area (Å²) in [5, 5.41) is 2.99. The lowest BCUT2D eigenvalue weighted by Crippen LogP contribution is -2.47. The number of carbonyl (C=O) groups excluding carboxylic acids is 1. The lowest BCUT2D eigenvalue weighted by molar-refractivity contribution is -0.137. The van der Waals surface area contributed by atoms with Crippen LogP contribution < -0.4 is 5.32 Å². The van der Waals surface area contributed by atoms with E-state index in [1.807, 2.05) is 37.3 Å². The summed E-state index contributed by atoms with van der Waals surface area (Å²) >= 11 is 0. The van der Waals surface area contributed by atoms with E-state index >= 15 is 0 Å². The summed E-state index contributed by atoms with van der Waals surface area (Å²) in [5.41, 5.74) is 0.743. The number of benzene rings is 1. The van der Waals surface area contributed by atoms with Gasteiger partial charge >= 0.3 is 0 Å². The first-order chi connectivity index (χ1) is 9.14.